The van der Waals surface area contributed by atoms with E-state index in [1.54, 1.807) is 0 Å². The van der Waals surface area contributed by atoms with Crippen molar-refractivity contribution in [2.75, 3.05) is 7.11 Å². The average molecular weight is 343 g/mol. The number of ether oxygens (including phenoxy) is 2. The predicted molar refractivity (Wildman–Crippen MR) is 89.1 cm³/mol. The normalized spacial score (nSPS) is 32.5. The van der Waals surface area contributed by atoms with E-state index in [-0.39, 0.29) is 29.4 Å². The Hall–Kier alpha value is -1.03. The van der Waals surface area contributed by atoms with E-state index in [1.165, 1.54) is 19.6 Å². The Bertz CT molecular complexity index is 501. The van der Waals surface area contributed by atoms with Crippen molar-refractivity contribution in [2.24, 2.45) is 17.3 Å². The highest BCUT2D eigenvalue weighted by Crippen LogP contribution is 2.55. The van der Waals surface area contributed by atoms with E-state index in [4.69, 9.17) is 21.1 Å². The zero-order chi connectivity index (χ0) is 17.2. The van der Waals surface area contributed by atoms with Crippen LogP contribution in [0.3, 0.4) is 0 Å². The van der Waals surface area contributed by atoms with Crippen molar-refractivity contribution in [1.29, 1.82) is 0 Å². The molecule has 0 aliphatic heterocycles. The van der Waals surface area contributed by atoms with Gasteiger partial charge < -0.3 is 9.47 Å². The topological polar surface area (TPSA) is 52.6 Å². The van der Waals surface area contributed by atoms with Crippen LogP contribution in [0.25, 0.3) is 0 Å². The summed E-state index contributed by atoms with van der Waals surface area (Å²) in [6.45, 7) is 5.73. The molecule has 130 valence electrons. The van der Waals surface area contributed by atoms with E-state index >= 15 is 0 Å². The van der Waals surface area contributed by atoms with E-state index in [1.807, 2.05) is 6.92 Å². The first-order chi connectivity index (χ1) is 10.8. The molecular formula is C18H27ClO4. The Balaban J connectivity index is 2.07. The highest BCUT2D eigenvalue weighted by Gasteiger charge is 2.48. The van der Waals surface area contributed by atoms with Crippen LogP contribution in [-0.4, -0.2) is 30.5 Å². The molecule has 1 saturated carbocycles. The van der Waals surface area contributed by atoms with Crippen molar-refractivity contribution in [3.63, 3.8) is 0 Å². The lowest BCUT2D eigenvalue weighted by atomic mass is 9.64. The average Bonchev–Trinajstić information content (AvgIpc) is 2.83. The van der Waals surface area contributed by atoms with Gasteiger partial charge in [0.1, 0.15) is 11.5 Å². The van der Waals surface area contributed by atoms with E-state index in [0.717, 1.165) is 32.1 Å². The zero-order valence-electron chi connectivity index (χ0n) is 14.4. The van der Waals surface area contributed by atoms with Crippen LogP contribution in [0.1, 0.15) is 52.9 Å². The molecule has 5 heteroatoms. The van der Waals surface area contributed by atoms with E-state index in [9.17, 15) is 9.59 Å². The number of hydrogen-bond donors (Lipinski definition) is 0. The number of carbonyl (C=O) groups is 2. The minimum Gasteiger partial charge on any atom is -0.468 e. The van der Waals surface area contributed by atoms with Gasteiger partial charge in [0.25, 0.3) is 0 Å². The molecule has 2 aliphatic rings. The van der Waals surface area contributed by atoms with E-state index in [0.29, 0.717) is 5.92 Å². The van der Waals surface area contributed by atoms with Gasteiger partial charge in [-0.25, -0.2) is 0 Å². The monoisotopic (exact) mass is 342 g/mol. The maximum Gasteiger partial charge on any atom is 0.324 e. The summed E-state index contributed by atoms with van der Waals surface area (Å²) in [4.78, 5) is 23.0. The van der Waals surface area contributed by atoms with Crippen LogP contribution in [0, 0.1) is 17.3 Å². The molecule has 5 atom stereocenters. The molecule has 0 aromatic heterocycles. The van der Waals surface area contributed by atoms with Gasteiger partial charge in [-0.1, -0.05) is 25.5 Å². The second-order valence-electron chi connectivity index (χ2n) is 7.14. The molecule has 0 N–H and O–H groups in total. The minimum atomic E-state index is -0.628. The molecule has 0 aromatic rings. The number of halogens is 1. The van der Waals surface area contributed by atoms with Crippen molar-refractivity contribution in [1.82, 2.24) is 0 Å². The molecule has 0 aromatic carbocycles. The predicted octanol–water partition coefficient (Wildman–Crippen LogP) is 3.86. The molecule has 1 fully saturated rings. The molecule has 0 heterocycles. The first-order valence-corrected chi connectivity index (χ1v) is 8.82. The van der Waals surface area contributed by atoms with Gasteiger partial charge in [0.2, 0.25) is 0 Å². The molecule has 0 bridgehead atoms. The number of rotatable bonds is 5. The van der Waals surface area contributed by atoms with Crippen LogP contribution in [0.15, 0.2) is 11.6 Å². The molecule has 2 aliphatic carbocycles. The van der Waals surface area contributed by atoms with Crippen LogP contribution < -0.4 is 0 Å². The SMILES string of the molecule is COC(=O)C(Cl)C(C)CC1=CCC2C(OC(C)=O)CCCC12C. The summed E-state index contributed by atoms with van der Waals surface area (Å²) >= 11 is 6.21. The Labute approximate surface area is 143 Å². The summed E-state index contributed by atoms with van der Waals surface area (Å²) < 4.78 is 10.3. The summed E-state index contributed by atoms with van der Waals surface area (Å²) in [7, 11) is 1.36. The second-order valence-corrected chi connectivity index (χ2v) is 7.61. The Morgan fingerprint density at radius 1 is 1.48 bits per heavy atom. The Morgan fingerprint density at radius 3 is 2.78 bits per heavy atom. The lowest BCUT2D eigenvalue weighted by Crippen LogP contribution is -2.41. The summed E-state index contributed by atoms with van der Waals surface area (Å²) in [6.07, 6.45) is 7.07. The van der Waals surface area contributed by atoms with E-state index < -0.39 is 5.38 Å². The maximum atomic E-state index is 11.6. The summed E-state index contributed by atoms with van der Waals surface area (Å²) in [5.74, 6) is -0.220. The third kappa shape index (κ3) is 3.73. The molecule has 4 nitrogen and oxygen atoms in total. The molecule has 0 spiro atoms. The zero-order valence-corrected chi connectivity index (χ0v) is 15.2. The number of carbonyl (C=O) groups excluding carboxylic acids is 2. The van der Waals surface area contributed by atoms with Crippen molar-refractivity contribution in [3.05, 3.63) is 11.6 Å². The summed E-state index contributed by atoms with van der Waals surface area (Å²) in [5.41, 5.74) is 1.39. The van der Waals surface area contributed by atoms with Crippen LogP contribution in [0.2, 0.25) is 0 Å². The lowest BCUT2D eigenvalue weighted by Gasteiger charge is -2.43. The van der Waals surface area contributed by atoms with E-state index in [2.05, 4.69) is 13.0 Å². The number of methoxy groups -OCH3 is 1. The fourth-order valence-electron chi connectivity index (χ4n) is 4.25. The van der Waals surface area contributed by atoms with Crippen molar-refractivity contribution >= 4 is 23.5 Å². The van der Waals surface area contributed by atoms with Gasteiger partial charge in [0.05, 0.1) is 7.11 Å². The molecule has 0 radical (unpaired) electrons. The number of fused-ring (bicyclic) bond motifs is 1. The van der Waals surface area contributed by atoms with Gasteiger partial charge in [0, 0.05) is 12.8 Å². The number of alkyl halides is 1. The number of allylic oxidation sites excluding steroid dienone is 2. The lowest BCUT2D eigenvalue weighted by molar-refractivity contribution is -0.153. The Kier molecular flexibility index (Phi) is 5.77. The number of hydrogen-bond acceptors (Lipinski definition) is 4. The summed E-state index contributed by atoms with van der Waals surface area (Å²) in [5, 5.41) is -0.628. The van der Waals surface area contributed by atoms with Crippen molar-refractivity contribution < 1.29 is 19.1 Å². The first-order valence-electron chi connectivity index (χ1n) is 8.38. The van der Waals surface area contributed by atoms with Gasteiger partial charge >= 0.3 is 11.9 Å². The van der Waals surface area contributed by atoms with Crippen LogP contribution in [0.4, 0.5) is 0 Å². The molecule has 5 unspecified atom stereocenters. The van der Waals surface area contributed by atoms with Crippen molar-refractivity contribution in [3.8, 4) is 0 Å². The van der Waals surface area contributed by atoms with Gasteiger partial charge in [-0.3, -0.25) is 9.59 Å². The van der Waals surface area contributed by atoms with Gasteiger partial charge in [-0.2, -0.15) is 0 Å². The van der Waals surface area contributed by atoms with Crippen molar-refractivity contribution in [2.45, 2.75) is 64.4 Å². The van der Waals surface area contributed by atoms with Crippen LogP contribution in [-0.2, 0) is 19.1 Å². The molecule has 2 rings (SSSR count). The fraction of sp³-hybridized carbons (Fsp3) is 0.778. The highest BCUT2D eigenvalue weighted by molar-refractivity contribution is 6.30. The fourth-order valence-corrected chi connectivity index (χ4v) is 4.42. The largest absolute Gasteiger partial charge is 0.468 e. The minimum absolute atomic E-state index is 0.00251. The quantitative estimate of drug-likeness (QED) is 0.432. The standard InChI is InChI=1S/C18H27ClO4/c1-11(16(19)17(21)22-4)10-13-7-8-14-15(23-12(2)20)6-5-9-18(13,14)3/h7,11,14-16H,5-6,8-10H2,1-4H3. The van der Waals surface area contributed by atoms with Gasteiger partial charge in [0.15, 0.2) is 0 Å². The van der Waals surface area contributed by atoms with Gasteiger partial charge in [-0.05, 0) is 43.4 Å². The van der Waals surface area contributed by atoms with Gasteiger partial charge in [-0.15, -0.1) is 11.6 Å². The molecular weight excluding hydrogens is 316 g/mol. The highest BCUT2D eigenvalue weighted by atomic mass is 35.5. The molecule has 0 saturated heterocycles. The number of esters is 2. The van der Waals surface area contributed by atoms with Crippen LogP contribution >= 0.6 is 11.6 Å². The smallest absolute Gasteiger partial charge is 0.324 e. The summed E-state index contributed by atoms with van der Waals surface area (Å²) in [6, 6.07) is 0. The van der Waals surface area contributed by atoms with Crippen LogP contribution in [0.5, 0.6) is 0 Å². The molecule has 0 amide bonds. The maximum absolute atomic E-state index is 11.6. The third-order valence-electron chi connectivity index (χ3n) is 5.59. The first kappa shape index (κ1) is 18.3. The second kappa shape index (κ2) is 7.25. The Morgan fingerprint density at radius 2 is 2.17 bits per heavy atom. The third-order valence-corrected chi connectivity index (χ3v) is 6.20. The molecule has 23 heavy (non-hydrogen) atoms.